The number of urea groups is 1. The topological polar surface area (TPSA) is 61.4 Å². The van der Waals surface area contributed by atoms with Crippen molar-refractivity contribution < 1.29 is 9.90 Å². The molecule has 4 nitrogen and oxygen atoms in total. The summed E-state index contributed by atoms with van der Waals surface area (Å²) in [6.45, 7) is 1.86. The Morgan fingerprint density at radius 2 is 1.80 bits per heavy atom. The van der Waals surface area contributed by atoms with Crippen LogP contribution in [-0.2, 0) is 0 Å². The molecule has 0 aliphatic carbocycles. The van der Waals surface area contributed by atoms with Crippen molar-refractivity contribution in [2.45, 2.75) is 6.92 Å². The van der Waals surface area contributed by atoms with Crippen LogP contribution in [0.1, 0.15) is 5.56 Å². The summed E-state index contributed by atoms with van der Waals surface area (Å²) in [5, 5.41) is 15.6. The highest BCUT2D eigenvalue weighted by Gasteiger charge is 2.07. The van der Waals surface area contributed by atoms with E-state index in [0.717, 1.165) is 5.56 Å². The third-order valence-electron chi connectivity index (χ3n) is 2.58. The van der Waals surface area contributed by atoms with Gasteiger partial charge in [0.05, 0.1) is 15.7 Å². The van der Waals surface area contributed by atoms with E-state index in [0.29, 0.717) is 21.4 Å². The van der Waals surface area contributed by atoms with E-state index in [2.05, 4.69) is 10.6 Å². The number of phenols is 1. The first-order valence-electron chi connectivity index (χ1n) is 5.78. The maximum Gasteiger partial charge on any atom is 0.323 e. The average Bonchev–Trinajstić information content (AvgIpc) is 2.38. The Bertz CT molecular complexity index is 660. The van der Waals surface area contributed by atoms with Crippen LogP contribution in [0.25, 0.3) is 0 Å². The second-order valence-corrected chi connectivity index (χ2v) is 5.04. The van der Waals surface area contributed by atoms with E-state index in [4.69, 9.17) is 23.2 Å². The lowest BCUT2D eigenvalue weighted by molar-refractivity contribution is 0.262. The van der Waals surface area contributed by atoms with E-state index < -0.39 is 6.03 Å². The molecule has 0 aliphatic rings. The number of carbonyl (C=O) groups is 1. The SMILES string of the molecule is Cc1ccc(O)c(NC(=O)Nc2ccc(Cl)c(Cl)c2)c1. The summed E-state index contributed by atoms with van der Waals surface area (Å²) in [6, 6.07) is 9.21. The highest BCUT2D eigenvalue weighted by atomic mass is 35.5. The number of hydrogen-bond acceptors (Lipinski definition) is 2. The standard InChI is InChI=1S/C14H12Cl2N2O2/c1-8-2-5-13(19)12(6-8)18-14(20)17-9-3-4-10(15)11(16)7-9/h2-7,19H,1H3,(H2,17,18,20). The van der Waals surface area contributed by atoms with Crippen molar-refractivity contribution in [1.29, 1.82) is 0 Å². The number of hydrogen-bond donors (Lipinski definition) is 3. The van der Waals surface area contributed by atoms with E-state index >= 15 is 0 Å². The lowest BCUT2D eigenvalue weighted by atomic mass is 10.2. The summed E-state index contributed by atoms with van der Waals surface area (Å²) in [5.74, 6) is -0.000103. The normalized spacial score (nSPS) is 10.2. The van der Waals surface area contributed by atoms with Crippen molar-refractivity contribution >= 4 is 40.6 Å². The van der Waals surface area contributed by atoms with Gasteiger partial charge in [0.15, 0.2) is 0 Å². The van der Waals surface area contributed by atoms with Crippen LogP contribution in [0.2, 0.25) is 10.0 Å². The van der Waals surface area contributed by atoms with Crippen molar-refractivity contribution in [2.75, 3.05) is 10.6 Å². The first kappa shape index (κ1) is 14.5. The second-order valence-electron chi connectivity index (χ2n) is 4.23. The van der Waals surface area contributed by atoms with Crippen LogP contribution >= 0.6 is 23.2 Å². The molecular formula is C14H12Cl2N2O2. The molecule has 20 heavy (non-hydrogen) atoms. The zero-order valence-electron chi connectivity index (χ0n) is 10.6. The predicted molar refractivity (Wildman–Crippen MR) is 81.9 cm³/mol. The van der Waals surface area contributed by atoms with Gasteiger partial charge < -0.3 is 15.7 Å². The van der Waals surface area contributed by atoms with E-state index in [1.807, 2.05) is 6.92 Å². The molecule has 2 amide bonds. The molecule has 2 aromatic carbocycles. The molecule has 0 saturated carbocycles. The second kappa shape index (κ2) is 6.03. The van der Waals surface area contributed by atoms with Crippen LogP contribution in [0.15, 0.2) is 36.4 Å². The van der Waals surface area contributed by atoms with Crippen molar-refractivity contribution in [2.24, 2.45) is 0 Å². The Morgan fingerprint density at radius 1 is 1.05 bits per heavy atom. The van der Waals surface area contributed by atoms with E-state index in [1.54, 1.807) is 30.3 Å². The number of nitrogens with one attached hydrogen (secondary N) is 2. The van der Waals surface area contributed by atoms with Gasteiger partial charge in [-0.15, -0.1) is 0 Å². The van der Waals surface area contributed by atoms with Gasteiger partial charge in [0.2, 0.25) is 0 Å². The fourth-order valence-corrected chi connectivity index (χ4v) is 1.91. The van der Waals surface area contributed by atoms with Crippen LogP contribution in [0.5, 0.6) is 5.75 Å². The van der Waals surface area contributed by atoms with Crippen molar-refractivity contribution in [3.8, 4) is 5.75 Å². The van der Waals surface area contributed by atoms with Crippen LogP contribution in [-0.4, -0.2) is 11.1 Å². The summed E-state index contributed by atoms with van der Waals surface area (Å²) in [6.07, 6.45) is 0. The molecule has 0 radical (unpaired) electrons. The zero-order chi connectivity index (χ0) is 14.7. The highest BCUT2D eigenvalue weighted by molar-refractivity contribution is 6.42. The van der Waals surface area contributed by atoms with Gasteiger partial charge in [-0.1, -0.05) is 29.3 Å². The van der Waals surface area contributed by atoms with Crippen molar-refractivity contribution in [3.63, 3.8) is 0 Å². The highest BCUT2D eigenvalue weighted by Crippen LogP contribution is 2.26. The molecule has 104 valence electrons. The minimum Gasteiger partial charge on any atom is -0.506 e. The molecule has 0 bridgehead atoms. The van der Waals surface area contributed by atoms with Gasteiger partial charge in [-0.2, -0.15) is 0 Å². The smallest absolute Gasteiger partial charge is 0.323 e. The fraction of sp³-hybridized carbons (Fsp3) is 0.0714. The number of halogens is 2. The third kappa shape index (κ3) is 3.56. The molecule has 0 fully saturated rings. The maximum atomic E-state index is 11.8. The minimum atomic E-state index is -0.482. The summed E-state index contributed by atoms with van der Waals surface area (Å²) in [7, 11) is 0. The molecular weight excluding hydrogens is 299 g/mol. The van der Waals surface area contributed by atoms with Gasteiger partial charge in [0.1, 0.15) is 5.75 Å². The Balaban J connectivity index is 2.09. The lowest BCUT2D eigenvalue weighted by Gasteiger charge is -2.10. The third-order valence-corrected chi connectivity index (χ3v) is 3.32. The van der Waals surface area contributed by atoms with Gasteiger partial charge in [-0.05, 0) is 42.8 Å². The summed E-state index contributed by atoms with van der Waals surface area (Å²) in [5.41, 5.74) is 1.76. The molecule has 0 spiro atoms. The Labute approximate surface area is 126 Å². The van der Waals surface area contributed by atoms with E-state index in [9.17, 15) is 9.90 Å². The Morgan fingerprint density at radius 3 is 2.50 bits per heavy atom. The first-order chi connectivity index (χ1) is 9.45. The molecule has 2 rings (SSSR count). The van der Waals surface area contributed by atoms with E-state index in [1.165, 1.54) is 6.07 Å². The molecule has 0 unspecified atom stereocenters. The molecule has 0 saturated heterocycles. The predicted octanol–water partition coefficient (Wildman–Crippen LogP) is 4.65. The molecule has 0 atom stereocenters. The van der Waals surface area contributed by atoms with Crippen LogP contribution < -0.4 is 10.6 Å². The van der Waals surface area contributed by atoms with Crippen molar-refractivity contribution in [1.82, 2.24) is 0 Å². The van der Waals surface area contributed by atoms with Crippen LogP contribution in [0, 0.1) is 6.92 Å². The van der Waals surface area contributed by atoms with Crippen LogP contribution in [0.4, 0.5) is 16.2 Å². The van der Waals surface area contributed by atoms with Gasteiger partial charge >= 0.3 is 6.03 Å². The maximum absolute atomic E-state index is 11.8. The number of aryl methyl sites for hydroxylation is 1. The molecule has 0 aromatic heterocycles. The Kier molecular flexibility index (Phi) is 4.37. The number of anilines is 2. The number of benzene rings is 2. The molecule has 2 aromatic rings. The van der Waals surface area contributed by atoms with Gasteiger partial charge in [0.25, 0.3) is 0 Å². The van der Waals surface area contributed by atoms with Crippen LogP contribution in [0.3, 0.4) is 0 Å². The minimum absolute atomic E-state index is 0.000103. The fourth-order valence-electron chi connectivity index (χ4n) is 1.61. The lowest BCUT2D eigenvalue weighted by Crippen LogP contribution is -2.19. The van der Waals surface area contributed by atoms with E-state index in [-0.39, 0.29) is 5.75 Å². The Hall–Kier alpha value is -1.91. The molecule has 3 N–H and O–H groups in total. The summed E-state index contributed by atoms with van der Waals surface area (Å²) in [4.78, 5) is 11.8. The number of aromatic hydroxyl groups is 1. The molecule has 6 heteroatoms. The van der Waals surface area contributed by atoms with Gasteiger partial charge in [-0.3, -0.25) is 0 Å². The average molecular weight is 311 g/mol. The monoisotopic (exact) mass is 310 g/mol. The zero-order valence-corrected chi connectivity index (χ0v) is 12.1. The summed E-state index contributed by atoms with van der Waals surface area (Å²) >= 11 is 11.7. The number of carbonyl (C=O) groups excluding carboxylic acids is 1. The van der Waals surface area contributed by atoms with Gasteiger partial charge in [0, 0.05) is 5.69 Å². The quantitative estimate of drug-likeness (QED) is 0.707. The number of amides is 2. The summed E-state index contributed by atoms with van der Waals surface area (Å²) < 4.78 is 0. The van der Waals surface area contributed by atoms with Gasteiger partial charge in [-0.25, -0.2) is 4.79 Å². The first-order valence-corrected chi connectivity index (χ1v) is 6.54. The molecule has 0 aliphatic heterocycles. The van der Waals surface area contributed by atoms with Crippen molar-refractivity contribution in [3.05, 3.63) is 52.0 Å². The number of rotatable bonds is 2. The molecule has 0 heterocycles. The number of phenolic OH excluding ortho intramolecular Hbond substituents is 1. The largest absolute Gasteiger partial charge is 0.506 e.